The Balaban J connectivity index is 0.000000935. The van der Waals surface area contributed by atoms with Crippen molar-refractivity contribution in [3.63, 3.8) is 0 Å². The standard InChI is InChI=1S/2C18H15S.2C2F6NO4S2.BF3.FH.Li/c2*1-4-10-16(11-5-1)19(17-12-6-2-7-13-17)18-14-8-3-9-15-18;2*3-1(4,5)14(10,11)9-15(12,13)2(6,7)8;2-1(3)4;;/h2*1-15H;;;;1H;/q2*+1;2*-1;;;+1/p-1. The molecule has 0 bridgehead atoms. The molecule has 0 aliphatic carbocycles. The third kappa shape index (κ3) is 22.2. The summed E-state index contributed by atoms with van der Waals surface area (Å²) in [4.78, 5) is 8.17. The number of benzene rings is 6. The van der Waals surface area contributed by atoms with Crippen molar-refractivity contribution in [2.45, 2.75) is 51.4 Å². The number of rotatable bonds is 10. The van der Waals surface area contributed by atoms with Gasteiger partial charge in [0.2, 0.25) is 0 Å². The Morgan fingerprint density at radius 1 is 0.297 bits per heavy atom. The molecule has 6 rings (SSSR count). The van der Waals surface area contributed by atoms with Crippen molar-refractivity contribution in [1.82, 2.24) is 0 Å². The van der Waals surface area contributed by atoms with Crippen LogP contribution in [-0.2, 0) is 61.9 Å². The first-order valence-electron chi connectivity index (χ1n) is 18.5. The van der Waals surface area contributed by atoms with Crippen LogP contribution in [0.3, 0.4) is 0 Å². The van der Waals surface area contributed by atoms with Gasteiger partial charge in [0, 0.05) is 0 Å². The minimum Gasteiger partial charge on any atom is -1.00 e. The third-order valence-electron chi connectivity index (χ3n) is 7.44. The molecule has 6 aromatic rings. The number of halogens is 16. The average Bonchev–Trinajstić information content (AvgIpc) is 3.27. The molecule has 0 amide bonds. The Bertz CT molecular complexity index is 2540. The molecule has 34 heteroatoms. The van der Waals surface area contributed by atoms with E-state index in [1.54, 1.807) is 0 Å². The van der Waals surface area contributed by atoms with Gasteiger partial charge in [-0.05, 0) is 72.8 Å². The van der Waals surface area contributed by atoms with Crippen molar-refractivity contribution in [1.29, 1.82) is 0 Å². The van der Waals surface area contributed by atoms with E-state index in [-0.39, 0.29) is 45.4 Å². The van der Waals surface area contributed by atoms with E-state index in [1.807, 2.05) is 0 Å². The van der Waals surface area contributed by atoms with E-state index in [0.29, 0.717) is 0 Å². The van der Waals surface area contributed by atoms with Gasteiger partial charge in [-0.3, -0.25) is 12.9 Å². The van der Waals surface area contributed by atoms with Crippen molar-refractivity contribution in [2.24, 2.45) is 0 Å². The molecular weight excluding hydrogens is 1150 g/mol. The molecule has 0 aromatic heterocycles. The molecule has 74 heavy (non-hydrogen) atoms. The first-order valence-corrected chi connectivity index (χ1v) is 26.7. The number of alkyl halides is 12. The second kappa shape index (κ2) is 29.5. The van der Waals surface area contributed by atoms with E-state index in [0.717, 1.165) is 8.25 Å². The van der Waals surface area contributed by atoms with E-state index in [9.17, 15) is 99.3 Å². The molecule has 0 spiro atoms. The fourth-order valence-corrected chi connectivity index (χ4v) is 12.2. The zero-order valence-corrected chi connectivity index (χ0v) is 41.5. The molecule has 10 nitrogen and oxygen atoms in total. The van der Waals surface area contributed by atoms with Crippen LogP contribution in [0.25, 0.3) is 8.25 Å². The largest absolute Gasteiger partial charge is 1.00 e. The fraction of sp³-hybridized carbons (Fsp3) is 0.100. The van der Waals surface area contributed by atoms with E-state index < -0.39 is 69.7 Å². The Labute approximate surface area is 431 Å². The second-order valence-corrected chi connectivity index (χ2v) is 23.5. The van der Waals surface area contributed by atoms with Gasteiger partial charge in [0.15, 0.2) is 69.5 Å². The Morgan fingerprint density at radius 2 is 0.405 bits per heavy atom. The minimum absolute atomic E-state index is 0. The third-order valence-corrected chi connectivity index (χ3v) is 17.4. The molecule has 0 saturated carbocycles. The summed E-state index contributed by atoms with van der Waals surface area (Å²) in [6.45, 7) is 0. The molecule has 0 radical (unpaired) electrons. The van der Waals surface area contributed by atoms with Crippen LogP contribution in [0.1, 0.15) is 0 Å². The van der Waals surface area contributed by atoms with E-state index >= 15 is 0 Å². The maximum Gasteiger partial charge on any atom is 1.00 e. The van der Waals surface area contributed by atoms with Crippen LogP contribution >= 0.6 is 0 Å². The summed E-state index contributed by atoms with van der Waals surface area (Å²) in [5, 5.41) is 0. The van der Waals surface area contributed by atoms with Crippen molar-refractivity contribution in [3.8, 4) is 0 Å². The molecule has 0 aliphatic heterocycles. The summed E-state index contributed by atoms with van der Waals surface area (Å²) in [6, 6.07) is 64.3. The van der Waals surface area contributed by atoms with E-state index in [1.165, 1.54) is 29.4 Å². The zero-order chi connectivity index (χ0) is 54.8. The van der Waals surface area contributed by atoms with Crippen molar-refractivity contribution < 1.29 is 123 Å². The monoisotopic (exact) mass is 1180 g/mol. The second-order valence-electron chi connectivity index (χ2n) is 12.6. The fourth-order valence-electron chi connectivity index (χ4n) is 4.58. The van der Waals surface area contributed by atoms with Crippen LogP contribution in [0.5, 0.6) is 0 Å². The normalized spacial score (nSPS) is 12.0. The molecule has 0 heterocycles. The van der Waals surface area contributed by atoms with Crippen LogP contribution in [0.2, 0.25) is 0 Å². The first-order chi connectivity index (χ1) is 33.0. The van der Waals surface area contributed by atoms with Crippen molar-refractivity contribution in [3.05, 3.63) is 190 Å². The van der Waals surface area contributed by atoms with Gasteiger partial charge < -0.3 is 13.0 Å². The van der Waals surface area contributed by atoms with Crippen LogP contribution in [0, 0.1) is 0 Å². The Morgan fingerprint density at radius 3 is 0.500 bits per heavy atom. The van der Waals surface area contributed by atoms with Gasteiger partial charge in [-0.2, -0.15) is 52.7 Å². The Hall–Kier alpha value is -4.72. The summed E-state index contributed by atoms with van der Waals surface area (Å²) < 4.78 is 247. The molecule has 0 N–H and O–H groups in total. The van der Waals surface area contributed by atoms with Crippen LogP contribution in [0.4, 0.5) is 65.6 Å². The van der Waals surface area contributed by atoms with Crippen LogP contribution in [0.15, 0.2) is 211 Å². The molecule has 0 saturated heterocycles. The maximum atomic E-state index is 11.4. The van der Waals surface area contributed by atoms with Gasteiger partial charge in [0.05, 0.1) is 21.8 Å². The number of nitrogens with zero attached hydrogens (tertiary/aromatic N) is 2. The summed E-state index contributed by atoms with van der Waals surface area (Å²) in [7, 11) is -30.6. The summed E-state index contributed by atoms with van der Waals surface area (Å²) in [5.74, 6) is 0. The Kier molecular flexibility index (Phi) is 27.7. The summed E-state index contributed by atoms with van der Waals surface area (Å²) >= 11 is 0. The van der Waals surface area contributed by atoms with Crippen LogP contribution < -0.4 is 23.6 Å². The SMILES string of the molecule is FB(F)F.O=S(=O)([N-]S(=O)(=O)C(F)(F)F)C(F)(F)F.O=S(=O)([N-]S(=O)(=O)C(F)(F)F)C(F)(F)F.[F-].[Li+].c1ccc([S+](c2ccccc2)c2ccccc2)cc1.c1ccc([S+](c2ccccc2)c2ccccc2)cc1. The van der Waals surface area contributed by atoms with Gasteiger partial charge in [-0.25, -0.2) is 33.7 Å². The molecule has 6 aromatic carbocycles. The summed E-state index contributed by atoms with van der Waals surface area (Å²) in [5.41, 5.74) is -24.8. The zero-order valence-electron chi connectivity index (χ0n) is 36.6. The van der Waals surface area contributed by atoms with Gasteiger partial charge in [0.1, 0.15) is 0 Å². The van der Waals surface area contributed by atoms with Gasteiger partial charge >= 0.3 is 48.4 Å². The molecule has 0 aliphatic rings. The van der Waals surface area contributed by atoms with Gasteiger partial charge in [0.25, 0.3) is 0 Å². The quantitative estimate of drug-likeness (QED) is 0.0845. The van der Waals surface area contributed by atoms with E-state index in [2.05, 4.69) is 182 Å². The molecule has 400 valence electrons. The number of hydrogen-bond acceptors (Lipinski definition) is 8. The van der Waals surface area contributed by atoms with Crippen LogP contribution in [-0.4, -0.2) is 63.2 Å². The average molecular weight is 1180 g/mol. The maximum absolute atomic E-state index is 11.4. The van der Waals surface area contributed by atoms with E-state index in [4.69, 9.17) is 0 Å². The number of sulfonamides is 4. The van der Waals surface area contributed by atoms with Crippen molar-refractivity contribution >= 4 is 69.4 Å². The topological polar surface area (TPSA) is 165 Å². The predicted molar refractivity (Wildman–Crippen MR) is 239 cm³/mol. The molecule has 0 unspecified atom stereocenters. The summed E-state index contributed by atoms with van der Waals surface area (Å²) in [6.07, 6.45) is 0. The smallest absolute Gasteiger partial charge is 1.00 e. The molecule has 0 fully saturated rings. The minimum atomic E-state index is -6.72. The van der Waals surface area contributed by atoms with Gasteiger partial charge in [-0.1, -0.05) is 109 Å². The number of hydrogen-bond donors (Lipinski definition) is 0. The molecular formula is C40H30BF16LiN2O8S6. The van der Waals surface area contributed by atoms with Gasteiger partial charge in [-0.15, -0.1) is 0 Å². The predicted octanol–water partition coefficient (Wildman–Crippen LogP) is 6.57. The first kappa shape index (κ1) is 69.3. The van der Waals surface area contributed by atoms with Crippen molar-refractivity contribution in [2.75, 3.05) is 0 Å². The molecule has 0 atom stereocenters.